The molecule has 1 saturated carbocycles. The van der Waals surface area contributed by atoms with Crippen LogP contribution in [0.1, 0.15) is 39.2 Å². The zero-order chi connectivity index (χ0) is 13.8. The summed E-state index contributed by atoms with van der Waals surface area (Å²) in [5.74, 6) is 0.709. The van der Waals surface area contributed by atoms with E-state index < -0.39 is 0 Å². The van der Waals surface area contributed by atoms with Gasteiger partial charge < -0.3 is 10.2 Å². The van der Waals surface area contributed by atoms with E-state index in [4.69, 9.17) is 0 Å². The van der Waals surface area contributed by atoms with E-state index in [9.17, 15) is 0 Å². The SMILES string of the molecule is CCNCc1ccc(N(CC(C)C)C2CC2)cc1Br. The summed E-state index contributed by atoms with van der Waals surface area (Å²) in [4.78, 5) is 2.58. The molecule has 1 aliphatic carbocycles. The minimum Gasteiger partial charge on any atom is -0.368 e. The standard InChI is InChI=1S/C16H25BrN2/c1-4-18-10-13-5-6-15(9-16(13)17)19(11-12(2)3)14-7-8-14/h5-6,9,12,14,18H,4,7-8,10-11H2,1-3H3. The summed E-state index contributed by atoms with van der Waals surface area (Å²) < 4.78 is 1.22. The van der Waals surface area contributed by atoms with Crippen LogP contribution in [0.15, 0.2) is 22.7 Å². The fourth-order valence-electron chi connectivity index (χ4n) is 2.36. The van der Waals surface area contributed by atoms with Gasteiger partial charge in [0.2, 0.25) is 0 Å². The number of rotatable bonds is 7. The summed E-state index contributed by atoms with van der Waals surface area (Å²) in [6, 6.07) is 7.58. The Morgan fingerprint density at radius 1 is 1.37 bits per heavy atom. The molecule has 3 heteroatoms. The maximum absolute atomic E-state index is 3.71. The highest BCUT2D eigenvalue weighted by Crippen LogP contribution is 2.34. The molecule has 1 aromatic rings. The van der Waals surface area contributed by atoms with Gasteiger partial charge in [0.05, 0.1) is 0 Å². The fourth-order valence-corrected chi connectivity index (χ4v) is 2.87. The Labute approximate surface area is 125 Å². The van der Waals surface area contributed by atoms with Crippen LogP contribution in [0.5, 0.6) is 0 Å². The average molecular weight is 325 g/mol. The Morgan fingerprint density at radius 2 is 2.11 bits per heavy atom. The molecule has 0 bridgehead atoms. The lowest BCUT2D eigenvalue weighted by molar-refractivity contribution is 0.607. The van der Waals surface area contributed by atoms with Crippen molar-refractivity contribution in [3.8, 4) is 0 Å². The third-order valence-electron chi connectivity index (χ3n) is 3.48. The molecule has 0 aromatic heterocycles. The predicted octanol–water partition coefficient (Wildman–Crippen LogP) is 4.18. The minimum atomic E-state index is 0.709. The van der Waals surface area contributed by atoms with Crippen molar-refractivity contribution < 1.29 is 0 Å². The first-order valence-electron chi connectivity index (χ1n) is 7.37. The topological polar surface area (TPSA) is 15.3 Å². The molecule has 0 saturated heterocycles. The first kappa shape index (κ1) is 14.9. The number of nitrogens with zero attached hydrogens (tertiary/aromatic N) is 1. The van der Waals surface area contributed by atoms with Gasteiger partial charge in [-0.1, -0.05) is 42.8 Å². The summed E-state index contributed by atoms with van der Waals surface area (Å²) in [6.07, 6.45) is 2.70. The number of hydrogen-bond acceptors (Lipinski definition) is 2. The molecule has 2 nitrogen and oxygen atoms in total. The zero-order valence-electron chi connectivity index (χ0n) is 12.2. The van der Waals surface area contributed by atoms with Crippen LogP contribution in [-0.4, -0.2) is 19.1 Å². The molecular formula is C16H25BrN2. The number of hydrogen-bond donors (Lipinski definition) is 1. The summed E-state index contributed by atoms with van der Waals surface area (Å²) >= 11 is 3.71. The summed E-state index contributed by atoms with van der Waals surface area (Å²) in [5, 5.41) is 3.38. The lowest BCUT2D eigenvalue weighted by Gasteiger charge is -2.27. The molecule has 0 heterocycles. The lowest BCUT2D eigenvalue weighted by Crippen LogP contribution is -2.29. The van der Waals surface area contributed by atoms with Crippen molar-refractivity contribution in [2.75, 3.05) is 18.0 Å². The minimum absolute atomic E-state index is 0.709. The van der Waals surface area contributed by atoms with Crippen molar-refractivity contribution >= 4 is 21.6 Å². The van der Waals surface area contributed by atoms with Gasteiger partial charge in [-0.3, -0.25) is 0 Å². The third-order valence-corrected chi connectivity index (χ3v) is 4.22. The highest BCUT2D eigenvalue weighted by Gasteiger charge is 2.29. The largest absolute Gasteiger partial charge is 0.368 e. The van der Waals surface area contributed by atoms with Gasteiger partial charge in [0.1, 0.15) is 0 Å². The fraction of sp³-hybridized carbons (Fsp3) is 0.625. The molecule has 106 valence electrons. The van der Waals surface area contributed by atoms with Crippen LogP contribution in [0.4, 0.5) is 5.69 Å². The Hall–Kier alpha value is -0.540. The second kappa shape index (κ2) is 6.76. The van der Waals surface area contributed by atoms with E-state index in [2.05, 4.69) is 65.1 Å². The van der Waals surface area contributed by atoms with E-state index in [1.54, 1.807) is 0 Å². The molecule has 1 aliphatic rings. The maximum Gasteiger partial charge on any atom is 0.0380 e. The van der Waals surface area contributed by atoms with Crippen LogP contribution < -0.4 is 10.2 Å². The quantitative estimate of drug-likeness (QED) is 0.809. The molecule has 0 amide bonds. The monoisotopic (exact) mass is 324 g/mol. The Morgan fingerprint density at radius 3 is 2.63 bits per heavy atom. The van der Waals surface area contributed by atoms with Gasteiger partial charge in [-0.15, -0.1) is 0 Å². The van der Waals surface area contributed by atoms with Crippen LogP contribution in [0, 0.1) is 5.92 Å². The van der Waals surface area contributed by atoms with E-state index in [-0.39, 0.29) is 0 Å². The van der Waals surface area contributed by atoms with Gasteiger partial charge >= 0.3 is 0 Å². The van der Waals surface area contributed by atoms with Gasteiger partial charge in [0, 0.05) is 29.3 Å². The molecule has 1 aromatic carbocycles. The molecule has 0 radical (unpaired) electrons. The van der Waals surface area contributed by atoms with Crippen LogP contribution in [-0.2, 0) is 6.54 Å². The van der Waals surface area contributed by atoms with Crippen molar-refractivity contribution in [2.24, 2.45) is 5.92 Å². The summed E-state index contributed by atoms with van der Waals surface area (Å²) in [6.45, 7) is 9.83. The average Bonchev–Trinajstić information content (AvgIpc) is 3.18. The Balaban J connectivity index is 2.12. The maximum atomic E-state index is 3.71. The Bertz CT molecular complexity index is 413. The molecule has 0 atom stereocenters. The van der Waals surface area contributed by atoms with Gasteiger partial charge in [-0.2, -0.15) is 0 Å². The van der Waals surface area contributed by atoms with Crippen LogP contribution in [0.3, 0.4) is 0 Å². The van der Waals surface area contributed by atoms with E-state index in [1.165, 1.54) is 28.6 Å². The van der Waals surface area contributed by atoms with Crippen molar-refractivity contribution in [1.82, 2.24) is 5.32 Å². The molecule has 0 unspecified atom stereocenters. The molecule has 19 heavy (non-hydrogen) atoms. The van der Waals surface area contributed by atoms with Crippen molar-refractivity contribution in [1.29, 1.82) is 0 Å². The molecule has 0 aliphatic heterocycles. The first-order valence-corrected chi connectivity index (χ1v) is 8.17. The molecule has 0 spiro atoms. The first-order chi connectivity index (χ1) is 9.11. The molecule has 2 rings (SSSR count). The second-order valence-corrected chi connectivity index (χ2v) is 6.69. The van der Waals surface area contributed by atoms with Gasteiger partial charge in [0.25, 0.3) is 0 Å². The van der Waals surface area contributed by atoms with Crippen molar-refractivity contribution in [3.63, 3.8) is 0 Å². The van der Waals surface area contributed by atoms with Gasteiger partial charge in [-0.05, 0) is 43.0 Å². The second-order valence-electron chi connectivity index (χ2n) is 5.83. The number of anilines is 1. The van der Waals surface area contributed by atoms with E-state index in [0.717, 1.165) is 25.7 Å². The summed E-state index contributed by atoms with van der Waals surface area (Å²) in [5.41, 5.74) is 2.70. The van der Waals surface area contributed by atoms with Gasteiger partial charge in [0.15, 0.2) is 0 Å². The van der Waals surface area contributed by atoms with Crippen molar-refractivity contribution in [2.45, 2.75) is 46.2 Å². The molecular weight excluding hydrogens is 300 g/mol. The Kier molecular flexibility index (Phi) is 5.28. The summed E-state index contributed by atoms with van der Waals surface area (Å²) in [7, 11) is 0. The van der Waals surface area contributed by atoms with Crippen LogP contribution in [0.25, 0.3) is 0 Å². The van der Waals surface area contributed by atoms with E-state index in [1.807, 2.05) is 0 Å². The highest BCUT2D eigenvalue weighted by molar-refractivity contribution is 9.10. The van der Waals surface area contributed by atoms with Crippen molar-refractivity contribution in [3.05, 3.63) is 28.2 Å². The zero-order valence-corrected chi connectivity index (χ0v) is 13.8. The molecule has 1 fully saturated rings. The highest BCUT2D eigenvalue weighted by atomic mass is 79.9. The normalized spacial score (nSPS) is 15.0. The smallest absolute Gasteiger partial charge is 0.0380 e. The van der Waals surface area contributed by atoms with Gasteiger partial charge in [-0.25, -0.2) is 0 Å². The lowest BCUT2D eigenvalue weighted by atomic mass is 10.1. The molecule has 1 N–H and O–H groups in total. The number of halogens is 1. The van der Waals surface area contributed by atoms with E-state index >= 15 is 0 Å². The third kappa shape index (κ3) is 4.22. The van der Waals surface area contributed by atoms with Crippen LogP contribution >= 0.6 is 15.9 Å². The van der Waals surface area contributed by atoms with Crippen LogP contribution in [0.2, 0.25) is 0 Å². The van der Waals surface area contributed by atoms with E-state index in [0.29, 0.717) is 5.92 Å². The number of benzene rings is 1. The predicted molar refractivity (Wildman–Crippen MR) is 86.7 cm³/mol. The number of nitrogens with one attached hydrogen (secondary N) is 1.